The molecule has 2 rings (SSSR count). The lowest BCUT2D eigenvalue weighted by Gasteiger charge is -2.32. The van der Waals surface area contributed by atoms with E-state index in [-0.39, 0.29) is 5.75 Å². The SMILES string of the molecule is CCCCCCCCCCc1cnc(-c2ccc(OCC(F)(F)C(F)(F)C(F)(F)COC)cc2)nc1. The van der Waals surface area contributed by atoms with Gasteiger partial charge < -0.3 is 9.47 Å². The normalized spacial score (nSPS) is 12.7. The van der Waals surface area contributed by atoms with E-state index in [9.17, 15) is 26.3 Å². The molecule has 1 aromatic carbocycles. The number of halogens is 6. The first-order chi connectivity index (χ1) is 17.0. The van der Waals surface area contributed by atoms with Crippen LogP contribution in [0.3, 0.4) is 0 Å². The molecule has 4 nitrogen and oxygen atoms in total. The lowest BCUT2D eigenvalue weighted by atomic mass is 10.1. The largest absolute Gasteiger partial charge is 0.487 e. The standard InChI is InChI=1S/C26H34F6N2O2/c1-3-4-5-6-7-8-9-10-11-20-16-33-23(34-17-20)21-12-14-22(15-13-21)36-19-25(29,30)26(31,32)24(27,28)18-35-2/h12-17H,3-11,18-19H2,1-2H3. The number of benzene rings is 1. The fraction of sp³-hybridized carbons (Fsp3) is 0.615. The van der Waals surface area contributed by atoms with Crippen LogP contribution in [0.25, 0.3) is 11.4 Å². The second-order valence-electron chi connectivity index (χ2n) is 8.87. The summed E-state index contributed by atoms with van der Waals surface area (Å²) in [6.45, 7) is -1.57. The molecule has 0 spiro atoms. The van der Waals surface area contributed by atoms with Gasteiger partial charge in [0, 0.05) is 25.1 Å². The monoisotopic (exact) mass is 520 g/mol. The summed E-state index contributed by atoms with van der Waals surface area (Å²) < 4.78 is 90.5. The summed E-state index contributed by atoms with van der Waals surface area (Å²) in [5, 5.41) is 0. The van der Waals surface area contributed by atoms with Crippen molar-refractivity contribution >= 4 is 0 Å². The number of unbranched alkanes of at least 4 members (excludes halogenated alkanes) is 7. The fourth-order valence-corrected chi connectivity index (χ4v) is 3.60. The van der Waals surface area contributed by atoms with Gasteiger partial charge in [0.1, 0.15) is 12.4 Å². The summed E-state index contributed by atoms with van der Waals surface area (Å²) >= 11 is 0. The third kappa shape index (κ3) is 8.35. The zero-order valence-corrected chi connectivity index (χ0v) is 20.7. The Bertz CT molecular complexity index is 892. The van der Waals surface area contributed by atoms with Gasteiger partial charge in [-0.15, -0.1) is 0 Å². The molecule has 10 heteroatoms. The Labute approximate surface area is 208 Å². The number of ether oxygens (including phenoxy) is 2. The minimum Gasteiger partial charge on any atom is -0.487 e. The molecule has 0 radical (unpaired) electrons. The Morgan fingerprint density at radius 2 is 1.25 bits per heavy atom. The zero-order valence-electron chi connectivity index (χ0n) is 20.7. The van der Waals surface area contributed by atoms with Crippen LogP contribution in [0, 0.1) is 0 Å². The van der Waals surface area contributed by atoms with Crippen molar-refractivity contribution in [2.24, 2.45) is 0 Å². The minimum atomic E-state index is -5.65. The summed E-state index contributed by atoms with van der Waals surface area (Å²) in [5.74, 6) is -15.6. The van der Waals surface area contributed by atoms with Gasteiger partial charge >= 0.3 is 17.8 Å². The highest BCUT2D eigenvalue weighted by Crippen LogP contribution is 2.46. The van der Waals surface area contributed by atoms with Gasteiger partial charge in [0.2, 0.25) is 0 Å². The van der Waals surface area contributed by atoms with Crippen molar-refractivity contribution in [1.29, 1.82) is 0 Å². The van der Waals surface area contributed by atoms with E-state index in [0.717, 1.165) is 24.8 Å². The Morgan fingerprint density at radius 1 is 0.722 bits per heavy atom. The molecule has 0 aliphatic carbocycles. The quantitative estimate of drug-likeness (QED) is 0.158. The van der Waals surface area contributed by atoms with Crippen LogP contribution in [0.1, 0.15) is 63.9 Å². The van der Waals surface area contributed by atoms with E-state index in [0.29, 0.717) is 18.5 Å². The zero-order chi connectivity index (χ0) is 26.7. The number of hydrogen-bond donors (Lipinski definition) is 0. The highest BCUT2D eigenvalue weighted by Gasteiger charge is 2.71. The van der Waals surface area contributed by atoms with Gasteiger partial charge in [0.25, 0.3) is 0 Å². The fourth-order valence-electron chi connectivity index (χ4n) is 3.60. The van der Waals surface area contributed by atoms with Gasteiger partial charge in [-0.2, -0.15) is 26.3 Å². The summed E-state index contributed by atoms with van der Waals surface area (Å²) in [4.78, 5) is 8.65. The molecule has 1 aromatic heterocycles. The summed E-state index contributed by atoms with van der Waals surface area (Å²) in [6, 6.07) is 5.46. The van der Waals surface area contributed by atoms with E-state index in [2.05, 4.69) is 26.4 Å². The second-order valence-corrected chi connectivity index (χ2v) is 8.87. The Kier molecular flexibility index (Phi) is 11.5. The maximum Gasteiger partial charge on any atom is 0.377 e. The van der Waals surface area contributed by atoms with Crippen molar-refractivity contribution in [3.8, 4) is 17.1 Å². The molecule has 0 atom stereocenters. The van der Waals surface area contributed by atoms with Crippen LogP contribution in [0.5, 0.6) is 5.75 Å². The average molecular weight is 521 g/mol. The number of alkyl halides is 6. The van der Waals surface area contributed by atoms with E-state index >= 15 is 0 Å². The molecule has 0 aliphatic heterocycles. The summed E-state index contributed by atoms with van der Waals surface area (Å²) in [6.07, 6.45) is 14.2. The molecular weight excluding hydrogens is 486 g/mol. The number of hydrogen-bond acceptors (Lipinski definition) is 4. The molecule has 2 aromatic rings. The summed E-state index contributed by atoms with van der Waals surface area (Å²) in [5.41, 5.74) is 1.57. The molecule has 202 valence electrons. The van der Waals surface area contributed by atoms with Crippen LogP contribution in [0.4, 0.5) is 26.3 Å². The van der Waals surface area contributed by atoms with E-state index in [4.69, 9.17) is 0 Å². The van der Waals surface area contributed by atoms with Crippen molar-refractivity contribution in [1.82, 2.24) is 9.97 Å². The molecule has 0 saturated carbocycles. The second kappa shape index (κ2) is 13.8. The Hall–Kier alpha value is -2.36. The molecule has 0 saturated heterocycles. The van der Waals surface area contributed by atoms with E-state index in [1.807, 2.05) is 0 Å². The van der Waals surface area contributed by atoms with Crippen molar-refractivity contribution in [3.63, 3.8) is 0 Å². The Morgan fingerprint density at radius 3 is 1.81 bits per heavy atom. The van der Waals surface area contributed by atoms with Gasteiger partial charge in [0.05, 0.1) is 0 Å². The van der Waals surface area contributed by atoms with Crippen LogP contribution in [0.2, 0.25) is 0 Å². The topological polar surface area (TPSA) is 44.2 Å². The first kappa shape index (κ1) is 29.9. The molecule has 0 unspecified atom stereocenters. The Balaban J connectivity index is 1.84. The van der Waals surface area contributed by atoms with Crippen LogP contribution in [-0.4, -0.2) is 48.1 Å². The first-order valence-electron chi connectivity index (χ1n) is 12.2. The molecule has 0 N–H and O–H groups in total. The molecule has 1 heterocycles. The third-order valence-electron chi connectivity index (χ3n) is 5.80. The van der Waals surface area contributed by atoms with Gasteiger partial charge in [-0.25, -0.2) is 9.97 Å². The highest BCUT2D eigenvalue weighted by molar-refractivity contribution is 5.55. The smallest absolute Gasteiger partial charge is 0.377 e. The van der Waals surface area contributed by atoms with Crippen LogP contribution >= 0.6 is 0 Å². The molecule has 0 amide bonds. The molecule has 0 fully saturated rings. The van der Waals surface area contributed by atoms with Gasteiger partial charge in [-0.3, -0.25) is 0 Å². The van der Waals surface area contributed by atoms with Crippen LogP contribution in [0.15, 0.2) is 36.7 Å². The molecule has 0 bridgehead atoms. The lowest BCUT2D eigenvalue weighted by molar-refractivity contribution is -0.323. The maximum atomic E-state index is 13.9. The lowest BCUT2D eigenvalue weighted by Crippen LogP contribution is -2.58. The van der Waals surface area contributed by atoms with Crippen molar-refractivity contribution in [3.05, 3.63) is 42.2 Å². The number of aromatic nitrogens is 2. The van der Waals surface area contributed by atoms with Crippen molar-refractivity contribution < 1.29 is 35.8 Å². The number of nitrogens with zero attached hydrogens (tertiary/aromatic N) is 2. The molecular formula is C26H34F6N2O2. The molecule has 0 aliphatic rings. The number of rotatable bonds is 17. The van der Waals surface area contributed by atoms with Gasteiger partial charge in [0.15, 0.2) is 12.4 Å². The first-order valence-corrected chi connectivity index (χ1v) is 12.2. The highest BCUT2D eigenvalue weighted by atomic mass is 19.3. The van der Waals surface area contributed by atoms with Crippen LogP contribution < -0.4 is 4.74 Å². The van der Waals surface area contributed by atoms with Gasteiger partial charge in [-0.1, -0.05) is 51.9 Å². The van der Waals surface area contributed by atoms with E-state index < -0.39 is 31.0 Å². The van der Waals surface area contributed by atoms with Crippen molar-refractivity contribution in [2.45, 2.75) is 82.5 Å². The predicted octanol–water partition coefficient (Wildman–Crippen LogP) is 7.76. The average Bonchev–Trinajstić information content (AvgIpc) is 2.85. The number of methoxy groups -OCH3 is 1. The molecule has 36 heavy (non-hydrogen) atoms. The predicted molar refractivity (Wildman–Crippen MR) is 126 cm³/mol. The van der Waals surface area contributed by atoms with Crippen molar-refractivity contribution in [2.75, 3.05) is 20.3 Å². The van der Waals surface area contributed by atoms with E-state index in [1.165, 1.54) is 62.8 Å². The summed E-state index contributed by atoms with van der Waals surface area (Å²) in [7, 11) is 0.717. The number of aryl methyl sites for hydroxylation is 1. The maximum absolute atomic E-state index is 13.9. The van der Waals surface area contributed by atoms with E-state index in [1.54, 1.807) is 12.4 Å². The third-order valence-corrected chi connectivity index (χ3v) is 5.80. The van der Waals surface area contributed by atoms with Gasteiger partial charge in [-0.05, 0) is 42.7 Å². The van der Waals surface area contributed by atoms with Crippen LogP contribution in [-0.2, 0) is 11.2 Å². The minimum absolute atomic E-state index is 0.185.